The minimum absolute atomic E-state index is 0.0676. The van der Waals surface area contributed by atoms with Crippen LogP contribution in [0.3, 0.4) is 0 Å². The van der Waals surface area contributed by atoms with Crippen molar-refractivity contribution < 1.29 is 17.9 Å². The molecule has 0 fully saturated rings. The number of aromatic nitrogens is 3. The first-order valence-corrected chi connectivity index (χ1v) is 8.65. The van der Waals surface area contributed by atoms with Gasteiger partial charge in [-0.1, -0.05) is 30.3 Å². The van der Waals surface area contributed by atoms with E-state index in [1.54, 1.807) is 10.6 Å². The summed E-state index contributed by atoms with van der Waals surface area (Å²) in [5, 5.41) is 0.241. The zero-order valence-corrected chi connectivity index (χ0v) is 14.9. The van der Waals surface area contributed by atoms with Crippen molar-refractivity contribution in [1.29, 1.82) is 0 Å². The molecule has 2 aromatic carbocycles. The maximum atomic E-state index is 13.1. The van der Waals surface area contributed by atoms with Gasteiger partial charge < -0.3 is 9.30 Å². The summed E-state index contributed by atoms with van der Waals surface area (Å²) in [7, 11) is 0. The summed E-state index contributed by atoms with van der Waals surface area (Å²) < 4.78 is 46.6. The fraction of sp³-hybridized carbons (Fsp3) is 0.0952. The molecule has 0 radical (unpaired) electrons. The highest BCUT2D eigenvalue weighted by molar-refractivity contribution is 5.79. The summed E-state index contributed by atoms with van der Waals surface area (Å²) in [5.41, 5.74) is 0.126. The van der Waals surface area contributed by atoms with Crippen LogP contribution >= 0.6 is 0 Å². The molecular formula is C21H14F3N3O2. The fourth-order valence-electron chi connectivity index (χ4n) is 2.96. The highest BCUT2D eigenvalue weighted by atomic mass is 19.4. The number of alkyl halides is 3. The van der Waals surface area contributed by atoms with Gasteiger partial charge in [0.05, 0.1) is 17.2 Å². The van der Waals surface area contributed by atoms with Crippen molar-refractivity contribution >= 4 is 10.9 Å². The quantitative estimate of drug-likeness (QED) is 0.503. The number of benzene rings is 2. The second-order valence-electron chi connectivity index (χ2n) is 6.30. The van der Waals surface area contributed by atoms with E-state index in [4.69, 9.17) is 4.74 Å². The van der Waals surface area contributed by atoms with E-state index in [-0.39, 0.29) is 11.1 Å². The molecule has 4 aromatic rings. The molecule has 8 heteroatoms. The number of hydrogen-bond donors (Lipinski definition) is 0. The van der Waals surface area contributed by atoms with Gasteiger partial charge in [-0.25, -0.2) is 4.98 Å². The molecule has 29 heavy (non-hydrogen) atoms. The summed E-state index contributed by atoms with van der Waals surface area (Å²) in [6.07, 6.45) is -1.96. The minimum atomic E-state index is -4.61. The number of fused-ring (bicyclic) bond motifs is 1. The lowest BCUT2D eigenvalue weighted by atomic mass is 10.2. The van der Waals surface area contributed by atoms with E-state index in [0.717, 1.165) is 11.6 Å². The second kappa shape index (κ2) is 7.38. The number of nitrogens with zero attached hydrogens (tertiary/aromatic N) is 3. The molecule has 0 saturated carbocycles. The Morgan fingerprint density at radius 1 is 0.966 bits per heavy atom. The van der Waals surface area contributed by atoms with Gasteiger partial charge in [0.2, 0.25) is 5.88 Å². The smallest absolute Gasteiger partial charge is 0.421 e. The Morgan fingerprint density at radius 3 is 2.52 bits per heavy atom. The second-order valence-corrected chi connectivity index (χ2v) is 6.30. The topological polar surface area (TPSA) is 57.0 Å². The first-order valence-electron chi connectivity index (χ1n) is 8.65. The van der Waals surface area contributed by atoms with E-state index in [2.05, 4.69) is 9.97 Å². The molecule has 4 rings (SSSR count). The van der Waals surface area contributed by atoms with Crippen LogP contribution in [-0.4, -0.2) is 14.5 Å². The Balaban J connectivity index is 1.72. The molecule has 0 aliphatic heterocycles. The highest BCUT2D eigenvalue weighted by Gasteiger charge is 2.35. The largest absolute Gasteiger partial charge is 0.438 e. The molecule has 0 aliphatic carbocycles. The van der Waals surface area contributed by atoms with E-state index in [0.29, 0.717) is 12.1 Å². The van der Waals surface area contributed by atoms with Crippen molar-refractivity contribution in [2.24, 2.45) is 0 Å². The number of hydrogen-bond acceptors (Lipinski definition) is 4. The van der Waals surface area contributed by atoms with E-state index in [1.165, 1.54) is 30.7 Å². The lowest BCUT2D eigenvalue weighted by molar-refractivity contribution is -0.138. The van der Waals surface area contributed by atoms with E-state index >= 15 is 0 Å². The predicted octanol–water partition coefficient (Wildman–Crippen LogP) is 4.65. The Bertz CT molecular complexity index is 1220. The van der Waals surface area contributed by atoms with Crippen LogP contribution in [0.5, 0.6) is 11.6 Å². The lowest BCUT2D eigenvalue weighted by Crippen LogP contribution is -2.13. The van der Waals surface area contributed by atoms with Crippen LogP contribution in [0.25, 0.3) is 10.9 Å². The van der Waals surface area contributed by atoms with Crippen LogP contribution in [0.2, 0.25) is 0 Å². The molecule has 146 valence electrons. The molecule has 0 amide bonds. The predicted molar refractivity (Wildman–Crippen MR) is 101 cm³/mol. The standard InChI is InChI=1S/C21H14F3N3O2/c22-21(23,24)17-7-4-10-25-20(17)29-15-8-9-18-16(11-15)19(28)26-13-27(18)12-14-5-2-1-3-6-14/h1-11,13H,12H2. The fourth-order valence-corrected chi connectivity index (χ4v) is 2.96. The van der Waals surface area contributed by atoms with Crippen molar-refractivity contribution in [1.82, 2.24) is 14.5 Å². The van der Waals surface area contributed by atoms with Crippen LogP contribution < -0.4 is 10.3 Å². The molecule has 0 spiro atoms. The summed E-state index contributed by atoms with van der Waals surface area (Å²) in [6.45, 7) is 0.489. The molecule has 5 nitrogen and oxygen atoms in total. The van der Waals surface area contributed by atoms with Crippen molar-refractivity contribution in [3.63, 3.8) is 0 Å². The van der Waals surface area contributed by atoms with Gasteiger partial charge in [-0.05, 0) is 35.9 Å². The van der Waals surface area contributed by atoms with Gasteiger partial charge in [0.25, 0.3) is 5.56 Å². The van der Waals surface area contributed by atoms with Crippen molar-refractivity contribution in [2.45, 2.75) is 12.7 Å². The minimum Gasteiger partial charge on any atom is -0.438 e. The van der Waals surface area contributed by atoms with Gasteiger partial charge in [-0.15, -0.1) is 0 Å². The maximum absolute atomic E-state index is 13.1. The van der Waals surface area contributed by atoms with Gasteiger partial charge >= 0.3 is 6.18 Å². The van der Waals surface area contributed by atoms with Crippen LogP contribution in [0.1, 0.15) is 11.1 Å². The van der Waals surface area contributed by atoms with Crippen molar-refractivity contribution in [3.05, 3.63) is 94.7 Å². The third-order valence-corrected chi connectivity index (χ3v) is 4.31. The van der Waals surface area contributed by atoms with Gasteiger partial charge in [0, 0.05) is 12.7 Å². The van der Waals surface area contributed by atoms with Gasteiger partial charge in [-0.3, -0.25) is 4.79 Å². The average Bonchev–Trinajstić information content (AvgIpc) is 2.71. The summed E-state index contributed by atoms with van der Waals surface area (Å²) in [4.78, 5) is 19.8. The van der Waals surface area contributed by atoms with Gasteiger partial charge in [0.1, 0.15) is 11.3 Å². The molecule has 2 aromatic heterocycles. The summed E-state index contributed by atoms with van der Waals surface area (Å²) >= 11 is 0. The normalized spacial score (nSPS) is 11.6. The summed E-state index contributed by atoms with van der Waals surface area (Å²) in [5.74, 6) is -0.508. The lowest BCUT2D eigenvalue weighted by Gasteiger charge is -2.14. The number of halogens is 3. The molecular weight excluding hydrogens is 383 g/mol. The zero-order valence-electron chi connectivity index (χ0n) is 14.9. The molecule has 0 atom stereocenters. The number of pyridine rings is 1. The van der Waals surface area contributed by atoms with Gasteiger partial charge in [-0.2, -0.15) is 18.2 Å². The highest BCUT2D eigenvalue weighted by Crippen LogP contribution is 2.36. The average molecular weight is 397 g/mol. The molecule has 0 saturated heterocycles. The first-order chi connectivity index (χ1) is 13.9. The first kappa shape index (κ1) is 18.7. The van der Waals surface area contributed by atoms with Crippen LogP contribution in [-0.2, 0) is 12.7 Å². The maximum Gasteiger partial charge on any atom is 0.421 e. The molecule has 0 unspecified atom stereocenters. The monoisotopic (exact) mass is 397 g/mol. The Kier molecular flexibility index (Phi) is 4.75. The van der Waals surface area contributed by atoms with Crippen molar-refractivity contribution in [3.8, 4) is 11.6 Å². The van der Waals surface area contributed by atoms with Crippen LogP contribution in [0.4, 0.5) is 13.2 Å². The van der Waals surface area contributed by atoms with Crippen LogP contribution in [0, 0.1) is 0 Å². The third-order valence-electron chi connectivity index (χ3n) is 4.31. The molecule has 2 heterocycles. The zero-order chi connectivity index (χ0) is 20.4. The number of rotatable bonds is 4. The molecule has 0 bridgehead atoms. The van der Waals surface area contributed by atoms with Crippen LogP contribution in [0.15, 0.2) is 78.0 Å². The Morgan fingerprint density at radius 2 is 1.76 bits per heavy atom. The van der Waals surface area contributed by atoms with E-state index in [9.17, 15) is 18.0 Å². The van der Waals surface area contributed by atoms with Gasteiger partial charge in [0.15, 0.2) is 0 Å². The molecule has 0 N–H and O–H groups in total. The van der Waals surface area contributed by atoms with Crippen molar-refractivity contribution in [2.75, 3.05) is 0 Å². The molecule has 0 aliphatic rings. The number of ether oxygens (including phenoxy) is 1. The Hall–Kier alpha value is -3.68. The SMILES string of the molecule is O=c1ncn(Cc2ccccc2)c2ccc(Oc3ncccc3C(F)(F)F)cc12. The summed E-state index contributed by atoms with van der Waals surface area (Å²) in [6, 6.07) is 16.2. The van der Waals surface area contributed by atoms with E-state index in [1.807, 2.05) is 30.3 Å². The van der Waals surface area contributed by atoms with E-state index < -0.39 is 23.2 Å². The third kappa shape index (κ3) is 3.96. The Labute approximate surface area is 163 Å².